The van der Waals surface area contributed by atoms with Gasteiger partial charge in [0.05, 0.1) is 27.2 Å². The average molecular weight is 400 g/mol. The fourth-order valence-corrected chi connectivity index (χ4v) is 3.29. The number of benzene rings is 1. The second-order valence-corrected chi connectivity index (χ2v) is 6.87. The topological polar surface area (TPSA) is 85.8 Å². The molecule has 8 heteroatoms. The summed E-state index contributed by atoms with van der Waals surface area (Å²) >= 11 is 0. The Bertz CT molecular complexity index is 837. The molecular weight excluding hydrogens is 372 g/mol. The molecule has 29 heavy (non-hydrogen) atoms. The van der Waals surface area contributed by atoms with Gasteiger partial charge in [0.2, 0.25) is 11.8 Å². The molecule has 0 atom stereocenters. The lowest BCUT2D eigenvalue weighted by Crippen LogP contribution is -2.29. The summed E-state index contributed by atoms with van der Waals surface area (Å²) in [7, 11) is 3.15. The molecule has 0 unspecified atom stereocenters. The average Bonchev–Trinajstić information content (AvgIpc) is 3.26. The maximum Gasteiger partial charge on any atom is 0.224 e. The van der Waals surface area contributed by atoms with Crippen molar-refractivity contribution < 1.29 is 19.0 Å². The molecule has 1 aromatic carbocycles. The van der Waals surface area contributed by atoms with Gasteiger partial charge >= 0.3 is 0 Å². The Balaban J connectivity index is 1.46. The van der Waals surface area contributed by atoms with Gasteiger partial charge in [-0.1, -0.05) is 6.07 Å². The van der Waals surface area contributed by atoms with Crippen molar-refractivity contribution in [1.82, 2.24) is 15.3 Å². The molecule has 2 aromatic rings. The van der Waals surface area contributed by atoms with Crippen LogP contribution in [0.1, 0.15) is 24.2 Å². The van der Waals surface area contributed by atoms with Gasteiger partial charge in [-0.25, -0.2) is 4.98 Å². The fourth-order valence-electron chi connectivity index (χ4n) is 3.29. The zero-order chi connectivity index (χ0) is 20.6. The number of aryl methyl sites for hydroxylation is 1. The van der Waals surface area contributed by atoms with Crippen LogP contribution in [0.2, 0.25) is 0 Å². The highest BCUT2D eigenvalue weighted by Gasteiger charge is 2.15. The zero-order valence-electron chi connectivity index (χ0n) is 17.2. The largest absolute Gasteiger partial charge is 0.493 e. The van der Waals surface area contributed by atoms with Crippen molar-refractivity contribution in [2.75, 3.05) is 45.4 Å². The number of anilines is 1. The molecule has 1 N–H and O–H groups in total. The van der Waals surface area contributed by atoms with Crippen molar-refractivity contribution in [3.8, 4) is 17.4 Å². The number of nitrogens with zero attached hydrogens (tertiary/aromatic N) is 3. The summed E-state index contributed by atoms with van der Waals surface area (Å²) in [6.07, 6.45) is 2.63. The second-order valence-electron chi connectivity index (χ2n) is 6.87. The second kappa shape index (κ2) is 9.95. The van der Waals surface area contributed by atoms with Crippen molar-refractivity contribution in [2.45, 2.75) is 26.2 Å². The molecule has 1 aliphatic rings. The van der Waals surface area contributed by atoms with Crippen LogP contribution >= 0.6 is 0 Å². The van der Waals surface area contributed by atoms with E-state index < -0.39 is 0 Å². The normalized spacial score (nSPS) is 13.3. The number of methoxy groups -OCH3 is 2. The molecule has 2 heterocycles. The van der Waals surface area contributed by atoms with Crippen molar-refractivity contribution >= 4 is 11.7 Å². The van der Waals surface area contributed by atoms with Gasteiger partial charge in [-0.05, 0) is 37.5 Å². The van der Waals surface area contributed by atoms with Gasteiger partial charge < -0.3 is 24.4 Å². The van der Waals surface area contributed by atoms with Crippen LogP contribution in [-0.2, 0) is 11.2 Å². The van der Waals surface area contributed by atoms with E-state index in [0.717, 1.165) is 24.5 Å². The van der Waals surface area contributed by atoms with Gasteiger partial charge in [-0.2, -0.15) is 4.98 Å². The van der Waals surface area contributed by atoms with Gasteiger partial charge in [0.15, 0.2) is 11.5 Å². The molecule has 0 aliphatic carbocycles. The summed E-state index contributed by atoms with van der Waals surface area (Å²) in [6.45, 7) is 4.63. The van der Waals surface area contributed by atoms with Gasteiger partial charge in [0, 0.05) is 19.2 Å². The van der Waals surface area contributed by atoms with E-state index in [1.165, 1.54) is 12.8 Å². The van der Waals surface area contributed by atoms with Crippen molar-refractivity contribution in [1.29, 1.82) is 0 Å². The number of nitrogens with one attached hydrogen (secondary N) is 1. The summed E-state index contributed by atoms with van der Waals surface area (Å²) in [5.41, 5.74) is 0.850. The Hall–Kier alpha value is -3.03. The van der Waals surface area contributed by atoms with Crippen molar-refractivity contribution in [3.05, 3.63) is 35.7 Å². The molecule has 0 spiro atoms. The SMILES string of the molecule is COc1ccc(CC(=O)NCCOc2cc(N3CCCC3)nc(C)n2)cc1OC. The van der Waals surface area contributed by atoms with Crippen molar-refractivity contribution in [3.63, 3.8) is 0 Å². The molecule has 1 saturated heterocycles. The quantitative estimate of drug-likeness (QED) is 0.646. The third kappa shape index (κ3) is 5.73. The molecule has 0 bridgehead atoms. The number of amides is 1. The van der Waals surface area contributed by atoms with Crippen LogP contribution in [0.15, 0.2) is 24.3 Å². The molecular formula is C21H28N4O4. The highest BCUT2D eigenvalue weighted by atomic mass is 16.5. The van der Waals surface area contributed by atoms with E-state index in [1.54, 1.807) is 26.4 Å². The smallest absolute Gasteiger partial charge is 0.224 e. The van der Waals surface area contributed by atoms with Crippen LogP contribution in [0.3, 0.4) is 0 Å². The molecule has 0 radical (unpaired) electrons. The first-order valence-electron chi connectivity index (χ1n) is 9.80. The maximum atomic E-state index is 12.2. The molecule has 156 valence electrons. The van der Waals surface area contributed by atoms with Crippen LogP contribution in [0.5, 0.6) is 17.4 Å². The van der Waals surface area contributed by atoms with Crippen LogP contribution in [0.4, 0.5) is 5.82 Å². The first kappa shape index (κ1) is 20.7. The number of hydrogen-bond acceptors (Lipinski definition) is 7. The Labute approximate surface area is 171 Å². The van der Waals surface area contributed by atoms with Gasteiger partial charge in [0.25, 0.3) is 0 Å². The lowest BCUT2D eigenvalue weighted by Gasteiger charge is -2.17. The summed E-state index contributed by atoms with van der Waals surface area (Å²) < 4.78 is 16.2. The fraction of sp³-hybridized carbons (Fsp3) is 0.476. The predicted octanol–water partition coefficient (Wildman–Crippen LogP) is 2.14. The third-order valence-corrected chi connectivity index (χ3v) is 4.72. The predicted molar refractivity (Wildman–Crippen MR) is 110 cm³/mol. The van der Waals surface area contributed by atoms with E-state index in [1.807, 2.05) is 19.1 Å². The Morgan fingerprint density at radius 2 is 1.86 bits per heavy atom. The molecule has 1 aliphatic heterocycles. The van der Waals surface area contributed by atoms with Crippen LogP contribution in [0.25, 0.3) is 0 Å². The van der Waals surface area contributed by atoms with E-state index in [4.69, 9.17) is 14.2 Å². The number of rotatable bonds is 9. The molecule has 1 amide bonds. The Morgan fingerprint density at radius 3 is 2.59 bits per heavy atom. The van der Waals surface area contributed by atoms with Gasteiger partial charge in [0.1, 0.15) is 18.2 Å². The number of carbonyl (C=O) groups excluding carboxylic acids is 1. The first-order valence-corrected chi connectivity index (χ1v) is 9.80. The Kier molecular flexibility index (Phi) is 7.10. The number of carbonyl (C=O) groups is 1. The van der Waals surface area contributed by atoms with E-state index in [0.29, 0.717) is 36.4 Å². The monoisotopic (exact) mass is 400 g/mol. The summed E-state index contributed by atoms with van der Waals surface area (Å²) in [5, 5.41) is 2.86. The molecule has 0 saturated carbocycles. The number of hydrogen-bond donors (Lipinski definition) is 1. The molecule has 8 nitrogen and oxygen atoms in total. The summed E-state index contributed by atoms with van der Waals surface area (Å²) in [4.78, 5) is 23.2. The third-order valence-electron chi connectivity index (χ3n) is 4.72. The lowest BCUT2D eigenvalue weighted by atomic mass is 10.1. The summed E-state index contributed by atoms with van der Waals surface area (Å²) in [6, 6.07) is 7.31. The van der Waals surface area contributed by atoms with Crippen LogP contribution < -0.4 is 24.4 Å². The molecule has 1 aromatic heterocycles. The van der Waals surface area contributed by atoms with E-state index in [9.17, 15) is 4.79 Å². The van der Waals surface area contributed by atoms with Gasteiger partial charge in [-0.15, -0.1) is 0 Å². The summed E-state index contributed by atoms with van der Waals surface area (Å²) in [5.74, 6) is 3.28. The number of ether oxygens (including phenoxy) is 3. The molecule has 1 fully saturated rings. The van der Waals surface area contributed by atoms with E-state index in [2.05, 4.69) is 20.2 Å². The Morgan fingerprint density at radius 1 is 1.10 bits per heavy atom. The highest BCUT2D eigenvalue weighted by molar-refractivity contribution is 5.78. The lowest BCUT2D eigenvalue weighted by molar-refractivity contribution is -0.120. The maximum absolute atomic E-state index is 12.2. The first-order chi connectivity index (χ1) is 14.1. The van der Waals surface area contributed by atoms with Crippen LogP contribution in [-0.4, -0.2) is 56.3 Å². The number of aromatic nitrogens is 2. The van der Waals surface area contributed by atoms with Crippen LogP contribution in [0, 0.1) is 6.92 Å². The minimum absolute atomic E-state index is 0.0857. The van der Waals surface area contributed by atoms with Gasteiger partial charge in [-0.3, -0.25) is 4.79 Å². The zero-order valence-corrected chi connectivity index (χ0v) is 17.2. The minimum Gasteiger partial charge on any atom is -0.493 e. The standard InChI is InChI=1S/C21H28N4O4/c1-15-23-19(25-9-4-5-10-25)14-21(24-15)29-11-8-22-20(26)13-16-6-7-17(27-2)18(12-16)28-3/h6-7,12,14H,4-5,8-11,13H2,1-3H3,(H,22,26). The highest BCUT2D eigenvalue weighted by Crippen LogP contribution is 2.27. The van der Waals surface area contributed by atoms with Crippen molar-refractivity contribution in [2.24, 2.45) is 0 Å². The van der Waals surface area contributed by atoms with E-state index >= 15 is 0 Å². The van der Waals surface area contributed by atoms with E-state index in [-0.39, 0.29) is 12.3 Å². The minimum atomic E-state index is -0.0857. The molecule has 3 rings (SSSR count).